The van der Waals surface area contributed by atoms with Crippen molar-refractivity contribution in [2.45, 2.75) is 39.0 Å². The lowest BCUT2D eigenvalue weighted by Crippen LogP contribution is -2.35. The van der Waals surface area contributed by atoms with Crippen LogP contribution in [0.2, 0.25) is 0 Å². The van der Waals surface area contributed by atoms with Gasteiger partial charge in [-0.15, -0.1) is 0 Å². The molecule has 162 valence electrons. The summed E-state index contributed by atoms with van der Waals surface area (Å²) in [4.78, 5) is 36.4. The maximum Gasteiger partial charge on any atom is 0.272 e. The van der Waals surface area contributed by atoms with E-state index in [1.54, 1.807) is 18.2 Å². The van der Waals surface area contributed by atoms with Gasteiger partial charge in [0.25, 0.3) is 11.6 Å². The van der Waals surface area contributed by atoms with Crippen LogP contribution in [0.1, 0.15) is 43.2 Å². The molecular formula is C23H24BrN3O4. The van der Waals surface area contributed by atoms with Gasteiger partial charge in [0.1, 0.15) is 5.70 Å². The zero-order valence-corrected chi connectivity index (χ0v) is 18.8. The Hall–Kier alpha value is -3.00. The molecular weight excluding hydrogens is 462 g/mol. The van der Waals surface area contributed by atoms with Crippen molar-refractivity contribution in [3.63, 3.8) is 0 Å². The van der Waals surface area contributed by atoms with Crippen LogP contribution in [0.4, 0.5) is 11.4 Å². The molecule has 3 rings (SSSR count). The minimum Gasteiger partial charge on any atom is -0.321 e. The van der Waals surface area contributed by atoms with Crippen molar-refractivity contribution in [1.82, 2.24) is 5.32 Å². The van der Waals surface area contributed by atoms with Crippen LogP contribution in [0.5, 0.6) is 0 Å². The van der Waals surface area contributed by atoms with E-state index >= 15 is 0 Å². The third kappa shape index (κ3) is 6.24. The summed E-state index contributed by atoms with van der Waals surface area (Å²) in [6.07, 6.45) is 6.14. The van der Waals surface area contributed by atoms with Crippen molar-refractivity contribution in [3.8, 4) is 0 Å². The number of halogens is 1. The van der Waals surface area contributed by atoms with Gasteiger partial charge < -0.3 is 10.6 Å². The summed E-state index contributed by atoms with van der Waals surface area (Å²) < 4.78 is 0.717. The zero-order chi connectivity index (χ0) is 22.4. The summed E-state index contributed by atoms with van der Waals surface area (Å²) in [6.45, 7) is 1.94. The molecule has 0 bridgehead atoms. The lowest BCUT2D eigenvalue weighted by Gasteiger charge is -2.21. The second-order valence-corrected chi connectivity index (χ2v) is 8.53. The number of amides is 2. The average Bonchev–Trinajstić information content (AvgIpc) is 2.76. The van der Waals surface area contributed by atoms with Crippen LogP contribution in [0.15, 0.2) is 52.6 Å². The van der Waals surface area contributed by atoms with Crippen molar-refractivity contribution < 1.29 is 14.5 Å². The van der Waals surface area contributed by atoms with E-state index in [-0.39, 0.29) is 23.2 Å². The van der Waals surface area contributed by atoms with Crippen LogP contribution in [0.25, 0.3) is 6.08 Å². The first-order chi connectivity index (χ1) is 14.8. The van der Waals surface area contributed by atoms with Gasteiger partial charge in [-0.3, -0.25) is 19.7 Å². The molecule has 2 amide bonds. The van der Waals surface area contributed by atoms with Crippen molar-refractivity contribution in [2.24, 2.45) is 5.92 Å². The number of nitrogens with one attached hydrogen (secondary N) is 2. The molecule has 1 aliphatic rings. The maximum absolute atomic E-state index is 13.0. The summed E-state index contributed by atoms with van der Waals surface area (Å²) in [6, 6.07) is 11.4. The molecule has 1 saturated carbocycles. The number of non-ortho nitro benzene ring substituents is 1. The number of benzene rings is 2. The molecule has 8 heteroatoms. The first kappa shape index (κ1) is 22.7. The molecule has 31 heavy (non-hydrogen) atoms. The smallest absolute Gasteiger partial charge is 0.272 e. The fraction of sp³-hybridized carbons (Fsp3) is 0.304. The highest BCUT2D eigenvalue weighted by Crippen LogP contribution is 2.26. The van der Waals surface area contributed by atoms with Gasteiger partial charge in [0.2, 0.25) is 5.91 Å². The molecule has 0 aliphatic heterocycles. The lowest BCUT2D eigenvalue weighted by molar-refractivity contribution is -0.384. The Balaban J connectivity index is 1.88. The molecule has 7 nitrogen and oxygen atoms in total. The molecule has 1 aliphatic carbocycles. The molecule has 0 heterocycles. The van der Waals surface area contributed by atoms with E-state index in [4.69, 9.17) is 0 Å². The highest BCUT2D eigenvalue weighted by Gasteiger charge is 2.24. The SMILES string of the molecule is Cc1ccc(NC(=O)/C(=C/c2cccc([N+](=O)[O-])c2)NC(=O)C2CCCCC2)c(Br)c1. The highest BCUT2D eigenvalue weighted by atomic mass is 79.9. The van der Waals surface area contributed by atoms with Crippen molar-refractivity contribution >= 4 is 45.2 Å². The van der Waals surface area contributed by atoms with Crippen molar-refractivity contribution in [1.29, 1.82) is 0 Å². The van der Waals surface area contributed by atoms with E-state index in [0.717, 1.165) is 37.7 Å². The molecule has 0 spiro atoms. The number of aryl methyl sites for hydroxylation is 1. The van der Waals surface area contributed by atoms with Gasteiger partial charge in [0.15, 0.2) is 0 Å². The highest BCUT2D eigenvalue weighted by molar-refractivity contribution is 9.10. The molecule has 0 unspecified atom stereocenters. The minimum atomic E-state index is -0.500. The normalized spacial score (nSPS) is 14.7. The third-order valence-electron chi connectivity index (χ3n) is 5.24. The van der Waals surface area contributed by atoms with E-state index in [1.807, 2.05) is 19.1 Å². The van der Waals surface area contributed by atoms with Crippen molar-refractivity contribution in [3.05, 3.63) is 73.9 Å². The molecule has 0 aromatic heterocycles. The molecule has 2 aromatic rings. The summed E-state index contributed by atoms with van der Waals surface area (Å²) in [7, 11) is 0. The van der Waals surface area contributed by atoms with Gasteiger partial charge in [0, 0.05) is 22.5 Å². The predicted molar refractivity (Wildman–Crippen MR) is 123 cm³/mol. The first-order valence-electron chi connectivity index (χ1n) is 10.2. The minimum absolute atomic E-state index is 0.0450. The predicted octanol–water partition coefficient (Wildman–Crippen LogP) is 5.34. The van der Waals surface area contributed by atoms with Gasteiger partial charge in [-0.05, 0) is 65.0 Å². The van der Waals surface area contributed by atoms with Gasteiger partial charge >= 0.3 is 0 Å². The topological polar surface area (TPSA) is 101 Å². The fourth-order valence-corrected chi connectivity index (χ4v) is 4.16. The quantitative estimate of drug-likeness (QED) is 0.327. The Morgan fingerprint density at radius 3 is 2.55 bits per heavy atom. The van der Waals surface area contributed by atoms with Crippen LogP contribution in [0, 0.1) is 23.0 Å². The number of hydrogen-bond acceptors (Lipinski definition) is 4. The zero-order valence-electron chi connectivity index (χ0n) is 17.2. The van der Waals surface area contributed by atoms with Crippen molar-refractivity contribution in [2.75, 3.05) is 5.32 Å². The average molecular weight is 486 g/mol. The summed E-state index contributed by atoms with van der Waals surface area (Å²) in [5.74, 6) is -0.837. The Bertz CT molecular complexity index is 1030. The second-order valence-electron chi connectivity index (χ2n) is 7.67. The maximum atomic E-state index is 13.0. The number of anilines is 1. The largest absolute Gasteiger partial charge is 0.321 e. The Kier molecular flexibility index (Phi) is 7.57. The number of carbonyl (C=O) groups is 2. The van der Waals surface area contributed by atoms with E-state index < -0.39 is 10.8 Å². The van der Waals surface area contributed by atoms with Gasteiger partial charge in [-0.1, -0.05) is 37.5 Å². The van der Waals surface area contributed by atoms with Gasteiger partial charge in [0.05, 0.1) is 10.6 Å². The summed E-state index contributed by atoms with van der Waals surface area (Å²) in [5.41, 5.74) is 2.00. The number of carbonyl (C=O) groups excluding carboxylic acids is 2. The standard InChI is InChI=1S/C23H24BrN3O4/c1-15-10-11-20(19(24)12-15)25-23(29)21(26-22(28)17-7-3-2-4-8-17)14-16-6-5-9-18(13-16)27(30)31/h5-6,9-14,17H,2-4,7-8H2,1H3,(H,25,29)(H,26,28)/b21-14-. The number of rotatable bonds is 6. The molecule has 0 radical (unpaired) electrons. The van der Waals surface area contributed by atoms with E-state index in [2.05, 4.69) is 26.6 Å². The Labute approximate surface area is 189 Å². The fourth-order valence-electron chi connectivity index (χ4n) is 3.56. The molecule has 2 N–H and O–H groups in total. The Morgan fingerprint density at radius 1 is 1.13 bits per heavy atom. The van der Waals surface area contributed by atoms with Crippen LogP contribution in [0.3, 0.4) is 0 Å². The summed E-state index contributed by atoms with van der Waals surface area (Å²) >= 11 is 3.43. The van der Waals surface area contributed by atoms with E-state index in [9.17, 15) is 19.7 Å². The number of nitrogens with zero attached hydrogens (tertiary/aromatic N) is 1. The van der Waals surface area contributed by atoms with Crippen LogP contribution in [-0.2, 0) is 9.59 Å². The monoisotopic (exact) mass is 485 g/mol. The van der Waals surface area contributed by atoms with Gasteiger partial charge in [-0.25, -0.2) is 0 Å². The summed E-state index contributed by atoms with van der Waals surface area (Å²) in [5, 5.41) is 16.7. The molecule has 0 atom stereocenters. The lowest BCUT2D eigenvalue weighted by atomic mass is 9.88. The Morgan fingerprint density at radius 2 is 1.87 bits per heavy atom. The van der Waals surface area contributed by atoms with Crippen LogP contribution < -0.4 is 10.6 Å². The van der Waals surface area contributed by atoms with Crippen LogP contribution in [-0.4, -0.2) is 16.7 Å². The van der Waals surface area contributed by atoms with Gasteiger partial charge in [-0.2, -0.15) is 0 Å². The number of hydrogen-bond donors (Lipinski definition) is 2. The number of nitro groups is 1. The third-order valence-corrected chi connectivity index (χ3v) is 5.90. The number of nitro benzene ring substituents is 1. The van der Waals surface area contributed by atoms with Crippen LogP contribution >= 0.6 is 15.9 Å². The molecule has 2 aromatic carbocycles. The first-order valence-corrected chi connectivity index (χ1v) is 11.0. The molecule has 1 fully saturated rings. The van der Waals surface area contributed by atoms with E-state index in [1.165, 1.54) is 18.2 Å². The molecule has 0 saturated heterocycles. The second kappa shape index (κ2) is 10.3. The van der Waals surface area contributed by atoms with E-state index in [0.29, 0.717) is 15.7 Å².